The summed E-state index contributed by atoms with van der Waals surface area (Å²) in [7, 11) is 4.30. The van der Waals surface area contributed by atoms with E-state index < -0.39 is 0 Å². The Morgan fingerprint density at radius 3 is 1.92 bits per heavy atom. The molecule has 2 aliphatic heterocycles. The van der Waals surface area contributed by atoms with Crippen LogP contribution in [0.1, 0.15) is 43.6 Å². The van der Waals surface area contributed by atoms with Gasteiger partial charge in [0.15, 0.2) is 0 Å². The second-order valence-electron chi connectivity index (χ2n) is 7.03. The first kappa shape index (κ1) is 17.9. The summed E-state index contributed by atoms with van der Waals surface area (Å²) in [5.41, 5.74) is 0. The molecule has 0 aromatic carbocycles. The lowest BCUT2D eigenvalue weighted by Gasteiger charge is -2.28. The molecule has 0 saturated carbocycles. The van der Waals surface area contributed by atoms with Gasteiger partial charge in [-0.2, -0.15) is 0 Å². The van der Waals surface area contributed by atoms with Gasteiger partial charge in [-0.05, 0) is 93.7 Å². The highest BCUT2D eigenvalue weighted by Gasteiger charge is 2.20. The van der Waals surface area contributed by atoms with E-state index in [1.165, 1.54) is 0 Å². The zero-order valence-corrected chi connectivity index (χ0v) is 15.4. The Morgan fingerprint density at radius 1 is 0.840 bits per heavy atom. The molecule has 10 heteroatoms. The monoisotopic (exact) mass is 348 g/mol. The van der Waals surface area contributed by atoms with E-state index in [0.717, 1.165) is 57.7 Å². The molecule has 2 aromatic rings. The first-order valence-corrected chi connectivity index (χ1v) is 8.97. The van der Waals surface area contributed by atoms with Gasteiger partial charge in [0.2, 0.25) is 0 Å². The smallest absolute Gasteiger partial charge is 0.148 e. The van der Waals surface area contributed by atoms with Crippen LogP contribution in [-0.4, -0.2) is 90.5 Å². The average Bonchev–Trinajstić information content (AvgIpc) is 3.29. The summed E-state index contributed by atoms with van der Waals surface area (Å²) in [5, 5.41) is 22.7. The third kappa shape index (κ3) is 4.79. The Labute approximate surface area is 148 Å². The lowest BCUT2D eigenvalue weighted by atomic mass is 10.1. The normalized spacial score (nSPS) is 21.1. The van der Waals surface area contributed by atoms with Crippen molar-refractivity contribution in [2.75, 3.05) is 40.3 Å². The van der Waals surface area contributed by atoms with Crippen molar-refractivity contribution in [1.29, 1.82) is 0 Å². The third-order valence-corrected chi connectivity index (χ3v) is 5.12. The van der Waals surface area contributed by atoms with E-state index in [1.54, 1.807) is 6.33 Å². The van der Waals surface area contributed by atoms with Gasteiger partial charge in [-0.15, -0.1) is 10.2 Å². The van der Waals surface area contributed by atoms with Crippen LogP contribution in [0.3, 0.4) is 0 Å². The zero-order chi connectivity index (χ0) is 17.6. The van der Waals surface area contributed by atoms with Crippen LogP contribution >= 0.6 is 0 Å². The van der Waals surface area contributed by atoms with Crippen molar-refractivity contribution in [1.82, 2.24) is 50.2 Å². The molecule has 0 amide bonds. The SMILES string of the molecule is CN1CCC(n2cnnn2)CC1.Cc1nnnn1C1CCN(C)CC1. The van der Waals surface area contributed by atoms with E-state index in [2.05, 4.69) is 54.9 Å². The Bertz CT molecular complexity index is 608. The van der Waals surface area contributed by atoms with Gasteiger partial charge in [-0.1, -0.05) is 0 Å². The highest BCUT2D eigenvalue weighted by Crippen LogP contribution is 2.21. The van der Waals surface area contributed by atoms with E-state index in [4.69, 9.17) is 0 Å². The molecule has 0 radical (unpaired) electrons. The van der Waals surface area contributed by atoms with Gasteiger partial charge < -0.3 is 9.80 Å². The van der Waals surface area contributed by atoms with Gasteiger partial charge in [0, 0.05) is 0 Å². The summed E-state index contributed by atoms with van der Waals surface area (Å²) >= 11 is 0. The molecule has 10 nitrogen and oxygen atoms in total. The number of hydrogen-bond donors (Lipinski definition) is 0. The number of tetrazole rings is 2. The molecule has 0 atom stereocenters. The van der Waals surface area contributed by atoms with Crippen molar-refractivity contribution in [3.63, 3.8) is 0 Å². The zero-order valence-electron chi connectivity index (χ0n) is 15.4. The van der Waals surface area contributed by atoms with Crippen LogP contribution in [0, 0.1) is 6.92 Å². The summed E-state index contributed by atoms with van der Waals surface area (Å²) in [4.78, 5) is 4.68. The van der Waals surface area contributed by atoms with Gasteiger partial charge in [0.1, 0.15) is 12.2 Å². The predicted molar refractivity (Wildman–Crippen MR) is 91.9 cm³/mol. The Kier molecular flexibility index (Phi) is 6.03. The fraction of sp³-hybridized carbons (Fsp3) is 0.867. The second kappa shape index (κ2) is 8.43. The van der Waals surface area contributed by atoms with Crippen LogP contribution in [0.4, 0.5) is 0 Å². The summed E-state index contributed by atoms with van der Waals surface area (Å²) in [6.07, 6.45) is 6.32. The van der Waals surface area contributed by atoms with Crippen LogP contribution in [0.2, 0.25) is 0 Å². The van der Waals surface area contributed by atoms with Crippen molar-refractivity contribution in [3.8, 4) is 0 Å². The van der Waals surface area contributed by atoms with Gasteiger partial charge in [0.25, 0.3) is 0 Å². The van der Waals surface area contributed by atoms with Crippen LogP contribution < -0.4 is 0 Å². The fourth-order valence-corrected chi connectivity index (χ4v) is 3.41. The second-order valence-corrected chi connectivity index (χ2v) is 7.03. The fourth-order valence-electron chi connectivity index (χ4n) is 3.41. The minimum absolute atomic E-state index is 0.506. The first-order valence-electron chi connectivity index (χ1n) is 8.97. The molecule has 2 aromatic heterocycles. The summed E-state index contributed by atoms with van der Waals surface area (Å²) in [6.45, 7) is 6.53. The largest absolute Gasteiger partial charge is 0.306 e. The lowest BCUT2D eigenvalue weighted by molar-refractivity contribution is 0.209. The molecule has 25 heavy (non-hydrogen) atoms. The maximum absolute atomic E-state index is 4.00. The van der Waals surface area contributed by atoms with Crippen LogP contribution in [0.5, 0.6) is 0 Å². The minimum atomic E-state index is 0.506. The predicted octanol–water partition coefficient (Wildman–Crippen LogP) is 0.188. The molecule has 2 aliphatic rings. The van der Waals surface area contributed by atoms with Crippen molar-refractivity contribution in [2.45, 2.75) is 44.7 Å². The Morgan fingerprint density at radius 2 is 1.44 bits per heavy atom. The minimum Gasteiger partial charge on any atom is -0.306 e. The summed E-state index contributed by atoms with van der Waals surface area (Å²) in [5.74, 6) is 0.926. The molecule has 2 saturated heterocycles. The molecular formula is C15H28N10. The highest BCUT2D eigenvalue weighted by atomic mass is 15.6. The summed E-state index contributed by atoms with van der Waals surface area (Å²) < 4.78 is 3.82. The number of aryl methyl sites for hydroxylation is 1. The van der Waals surface area contributed by atoms with E-state index in [0.29, 0.717) is 12.1 Å². The Hall–Kier alpha value is -1.94. The number of likely N-dealkylation sites (tertiary alicyclic amines) is 2. The van der Waals surface area contributed by atoms with Gasteiger partial charge in [0.05, 0.1) is 12.1 Å². The van der Waals surface area contributed by atoms with Crippen molar-refractivity contribution in [2.24, 2.45) is 0 Å². The molecule has 138 valence electrons. The topological polar surface area (TPSA) is 93.7 Å². The van der Waals surface area contributed by atoms with Crippen LogP contribution in [-0.2, 0) is 0 Å². The van der Waals surface area contributed by atoms with Crippen LogP contribution in [0.25, 0.3) is 0 Å². The highest BCUT2D eigenvalue weighted by molar-refractivity contribution is 4.82. The lowest BCUT2D eigenvalue weighted by Crippen LogP contribution is -2.32. The molecule has 0 unspecified atom stereocenters. The van der Waals surface area contributed by atoms with E-state index in [-0.39, 0.29) is 0 Å². The average molecular weight is 348 g/mol. The quantitative estimate of drug-likeness (QED) is 0.759. The molecule has 0 bridgehead atoms. The third-order valence-electron chi connectivity index (χ3n) is 5.12. The Balaban J connectivity index is 0.000000146. The van der Waals surface area contributed by atoms with Crippen molar-refractivity contribution < 1.29 is 0 Å². The van der Waals surface area contributed by atoms with Gasteiger partial charge in [-0.3, -0.25) is 0 Å². The molecule has 4 rings (SSSR count). The summed E-state index contributed by atoms with van der Waals surface area (Å²) in [6, 6.07) is 1.02. The van der Waals surface area contributed by atoms with Crippen LogP contribution in [0.15, 0.2) is 6.33 Å². The van der Waals surface area contributed by atoms with E-state index in [9.17, 15) is 0 Å². The number of piperidine rings is 2. The number of rotatable bonds is 2. The number of aromatic nitrogens is 8. The van der Waals surface area contributed by atoms with Crippen molar-refractivity contribution in [3.05, 3.63) is 12.2 Å². The van der Waals surface area contributed by atoms with Gasteiger partial charge in [-0.25, -0.2) is 9.36 Å². The van der Waals surface area contributed by atoms with E-state index >= 15 is 0 Å². The molecule has 0 N–H and O–H groups in total. The van der Waals surface area contributed by atoms with E-state index in [1.807, 2.05) is 16.3 Å². The molecule has 4 heterocycles. The molecule has 0 spiro atoms. The molecule has 2 fully saturated rings. The molecular weight excluding hydrogens is 320 g/mol. The molecule has 0 aliphatic carbocycles. The number of nitrogens with zero attached hydrogens (tertiary/aromatic N) is 10. The maximum atomic E-state index is 4.00. The van der Waals surface area contributed by atoms with Crippen molar-refractivity contribution >= 4 is 0 Å². The maximum Gasteiger partial charge on any atom is 0.148 e. The van der Waals surface area contributed by atoms with Gasteiger partial charge >= 0.3 is 0 Å². The number of hydrogen-bond acceptors (Lipinski definition) is 8. The first-order chi connectivity index (χ1) is 12.1. The standard InChI is InChI=1S/C8H15N5.C7H13N5/c1-7-9-10-11-13(7)8-3-5-12(2)6-4-8;1-11-4-2-7(3-5-11)12-6-8-9-10-12/h8H,3-6H2,1-2H3;6-7H,2-5H2,1H3.